The standard InChI is InChI=1S/C21H23N5O3/c27-19(22-9-11-25-12-10-23-20(25)28)15-5-7-18(8-6-15)24-21(29)26-13-16-3-1-2-4-17(16)14-26/h1-8H,9-14H2,(H,22,27)(H,23,28)(H,24,29). The van der Waals surface area contributed by atoms with Crippen LogP contribution in [0.1, 0.15) is 21.5 Å². The average Bonchev–Trinajstić information content (AvgIpc) is 3.34. The average molecular weight is 393 g/mol. The molecular formula is C21H23N5O3. The van der Waals surface area contributed by atoms with Crippen molar-refractivity contribution in [1.82, 2.24) is 20.4 Å². The molecule has 29 heavy (non-hydrogen) atoms. The summed E-state index contributed by atoms with van der Waals surface area (Å²) in [5, 5.41) is 8.40. The zero-order valence-electron chi connectivity index (χ0n) is 16.0. The molecule has 0 spiro atoms. The van der Waals surface area contributed by atoms with E-state index in [9.17, 15) is 14.4 Å². The number of nitrogens with one attached hydrogen (secondary N) is 3. The fraction of sp³-hybridized carbons (Fsp3) is 0.286. The summed E-state index contributed by atoms with van der Waals surface area (Å²) in [5.41, 5.74) is 3.47. The first kappa shape index (κ1) is 18.8. The Morgan fingerprint density at radius 1 is 1.00 bits per heavy atom. The van der Waals surface area contributed by atoms with Gasteiger partial charge in [-0.2, -0.15) is 0 Å². The van der Waals surface area contributed by atoms with Crippen molar-refractivity contribution in [3.8, 4) is 0 Å². The van der Waals surface area contributed by atoms with Gasteiger partial charge in [0.1, 0.15) is 0 Å². The van der Waals surface area contributed by atoms with E-state index in [1.54, 1.807) is 34.1 Å². The summed E-state index contributed by atoms with van der Waals surface area (Å²) in [6, 6.07) is 14.5. The zero-order chi connectivity index (χ0) is 20.2. The fourth-order valence-corrected chi connectivity index (χ4v) is 3.52. The number of anilines is 1. The summed E-state index contributed by atoms with van der Waals surface area (Å²) in [6.45, 7) is 3.36. The van der Waals surface area contributed by atoms with Crippen LogP contribution in [0.2, 0.25) is 0 Å². The Morgan fingerprint density at radius 2 is 1.69 bits per heavy atom. The molecule has 0 saturated carbocycles. The van der Waals surface area contributed by atoms with Gasteiger partial charge >= 0.3 is 12.1 Å². The second kappa shape index (κ2) is 8.22. The van der Waals surface area contributed by atoms with Crippen LogP contribution in [0, 0.1) is 0 Å². The number of amides is 5. The van der Waals surface area contributed by atoms with Crippen LogP contribution in [0.3, 0.4) is 0 Å². The Balaban J connectivity index is 1.26. The van der Waals surface area contributed by atoms with Crippen LogP contribution in [-0.4, -0.2) is 53.9 Å². The first-order valence-electron chi connectivity index (χ1n) is 9.64. The van der Waals surface area contributed by atoms with Crippen LogP contribution < -0.4 is 16.0 Å². The van der Waals surface area contributed by atoms with Crippen LogP contribution in [0.5, 0.6) is 0 Å². The fourth-order valence-electron chi connectivity index (χ4n) is 3.52. The summed E-state index contributed by atoms with van der Waals surface area (Å²) < 4.78 is 0. The van der Waals surface area contributed by atoms with Crippen LogP contribution in [0.4, 0.5) is 15.3 Å². The molecule has 8 nitrogen and oxygen atoms in total. The first-order valence-corrected chi connectivity index (χ1v) is 9.64. The molecule has 0 atom stereocenters. The molecule has 5 amide bonds. The van der Waals surface area contributed by atoms with E-state index in [2.05, 4.69) is 16.0 Å². The van der Waals surface area contributed by atoms with Gasteiger partial charge < -0.3 is 25.8 Å². The molecule has 0 aromatic heterocycles. The molecule has 150 valence electrons. The van der Waals surface area contributed by atoms with Gasteiger partial charge in [0.15, 0.2) is 0 Å². The highest BCUT2D eigenvalue weighted by molar-refractivity contribution is 5.95. The van der Waals surface area contributed by atoms with E-state index in [4.69, 9.17) is 0 Å². The Hall–Kier alpha value is -3.55. The predicted octanol–water partition coefficient (Wildman–Crippen LogP) is 1.99. The molecule has 2 aliphatic heterocycles. The lowest BCUT2D eigenvalue weighted by molar-refractivity contribution is 0.0950. The molecule has 1 fully saturated rings. The second-order valence-corrected chi connectivity index (χ2v) is 7.11. The number of carbonyl (C=O) groups excluding carboxylic acids is 3. The minimum atomic E-state index is -0.211. The first-order chi connectivity index (χ1) is 14.1. The lowest BCUT2D eigenvalue weighted by atomic mass is 10.1. The van der Waals surface area contributed by atoms with E-state index < -0.39 is 0 Å². The number of urea groups is 2. The van der Waals surface area contributed by atoms with Crippen LogP contribution >= 0.6 is 0 Å². The lowest BCUT2D eigenvalue weighted by Gasteiger charge is -2.16. The highest BCUT2D eigenvalue weighted by atomic mass is 16.2. The molecule has 8 heteroatoms. The highest BCUT2D eigenvalue weighted by Crippen LogP contribution is 2.23. The van der Waals surface area contributed by atoms with E-state index in [-0.39, 0.29) is 18.0 Å². The molecule has 0 bridgehead atoms. The highest BCUT2D eigenvalue weighted by Gasteiger charge is 2.23. The molecule has 2 aliphatic rings. The minimum absolute atomic E-state index is 0.0968. The van der Waals surface area contributed by atoms with E-state index in [1.807, 2.05) is 24.3 Å². The van der Waals surface area contributed by atoms with E-state index in [0.29, 0.717) is 50.5 Å². The topological polar surface area (TPSA) is 93.8 Å². The van der Waals surface area contributed by atoms with Crippen molar-refractivity contribution in [2.24, 2.45) is 0 Å². The normalized spacial score (nSPS) is 15.1. The van der Waals surface area contributed by atoms with Gasteiger partial charge in [-0.1, -0.05) is 24.3 Å². The molecule has 0 aliphatic carbocycles. The Kier molecular flexibility index (Phi) is 5.33. The number of carbonyl (C=O) groups is 3. The summed E-state index contributed by atoms with van der Waals surface area (Å²) in [5.74, 6) is -0.211. The van der Waals surface area contributed by atoms with Gasteiger partial charge in [0.25, 0.3) is 5.91 Å². The molecule has 0 radical (unpaired) electrons. The second-order valence-electron chi connectivity index (χ2n) is 7.11. The third-order valence-corrected chi connectivity index (χ3v) is 5.14. The maximum Gasteiger partial charge on any atom is 0.322 e. The van der Waals surface area contributed by atoms with Crippen LogP contribution in [-0.2, 0) is 13.1 Å². The van der Waals surface area contributed by atoms with Gasteiger partial charge in [-0.25, -0.2) is 9.59 Å². The molecule has 2 aromatic carbocycles. The maximum absolute atomic E-state index is 12.5. The monoisotopic (exact) mass is 393 g/mol. The van der Waals surface area contributed by atoms with Gasteiger partial charge in [0.2, 0.25) is 0 Å². The van der Waals surface area contributed by atoms with Gasteiger partial charge in [-0.15, -0.1) is 0 Å². The van der Waals surface area contributed by atoms with Crippen LogP contribution in [0.25, 0.3) is 0 Å². The molecular weight excluding hydrogens is 370 g/mol. The van der Waals surface area contributed by atoms with Crippen molar-refractivity contribution in [2.75, 3.05) is 31.5 Å². The summed E-state index contributed by atoms with van der Waals surface area (Å²) in [4.78, 5) is 39.6. The van der Waals surface area contributed by atoms with Crippen molar-refractivity contribution in [3.63, 3.8) is 0 Å². The molecule has 2 heterocycles. The quantitative estimate of drug-likeness (QED) is 0.725. The van der Waals surface area contributed by atoms with Crippen molar-refractivity contribution < 1.29 is 14.4 Å². The molecule has 1 saturated heterocycles. The predicted molar refractivity (Wildman–Crippen MR) is 108 cm³/mol. The van der Waals surface area contributed by atoms with Gasteiger partial charge in [0, 0.05) is 50.5 Å². The maximum atomic E-state index is 12.5. The van der Waals surface area contributed by atoms with E-state index >= 15 is 0 Å². The Labute approximate surface area is 168 Å². The van der Waals surface area contributed by atoms with Gasteiger partial charge in [-0.3, -0.25) is 4.79 Å². The van der Waals surface area contributed by atoms with Crippen molar-refractivity contribution in [2.45, 2.75) is 13.1 Å². The Morgan fingerprint density at radius 3 is 2.31 bits per heavy atom. The molecule has 0 unspecified atom stereocenters. The number of rotatable bonds is 5. The van der Waals surface area contributed by atoms with Crippen LogP contribution in [0.15, 0.2) is 48.5 Å². The third kappa shape index (κ3) is 4.31. The van der Waals surface area contributed by atoms with Crippen molar-refractivity contribution >= 4 is 23.7 Å². The minimum Gasteiger partial charge on any atom is -0.350 e. The SMILES string of the molecule is O=C(NCCN1CCNC1=O)c1ccc(NC(=O)N2Cc3ccccc3C2)cc1. The van der Waals surface area contributed by atoms with Crippen molar-refractivity contribution in [3.05, 3.63) is 65.2 Å². The summed E-state index contributed by atoms with van der Waals surface area (Å²) in [7, 11) is 0. The summed E-state index contributed by atoms with van der Waals surface area (Å²) in [6.07, 6.45) is 0. The molecule has 3 N–H and O–H groups in total. The number of hydrogen-bond donors (Lipinski definition) is 3. The van der Waals surface area contributed by atoms with Gasteiger partial charge in [0.05, 0.1) is 0 Å². The Bertz CT molecular complexity index is 903. The van der Waals surface area contributed by atoms with Crippen molar-refractivity contribution in [1.29, 1.82) is 0 Å². The van der Waals surface area contributed by atoms with E-state index in [1.165, 1.54) is 11.1 Å². The number of hydrogen-bond acceptors (Lipinski definition) is 3. The molecule has 2 aromatic rings. The molecule has 4 rings (SSSR count). The summed E-state index contributed by atoms with van der Waals surface area (Å²) >= 11 is 0. The zero-order valence-corrected chi connectivity index (χ0v) is 16.0. The van der Waals surface area contributed by atoms with E-state index in [0.717, 1.165) is 0 Å². The smallest absolute Gasteiger partial charge is 0.322 e. The van der Waals surface area contributed by atoms with Gasteiger partial charge in [-0.05, 0) is 35.4 Å². The lowest BCUT2D eigenvalue weighted by Crippen LogP contribution is -2.36. The number of fused-ring (bicyclic) bond motifs is 1. The largest absolute Gasteiger partial charge is 0.350 e. The number of nitrogens with zero attached hydrogens (tertiary/aromatic N) is 2. The number of benzene rings is 2. The third-order valence-electron chi connectivity index (χ3n) is 5.14.